The number of carbonyl (C=O) groups is 2. The van der Waals surface area contributed by atoms with Crippen LogP contribution in [0.2, 0.25) is 0 Å². The number of hydrogen-bond donors (Lipinski definition) is 3. The summed E-state index contributed by atoms with van der Waals surface area (Å²) in [5.41, 5.74) is 0.687. The first-order valence-corrected chi connectivity index (χ1v) is 10.2. The summed E-state index contributed by atoms with van der Waals surface area (Å²) >= 11 is 0. The molecule has 4 rings (SSSR count). The van der Waals surface area contributed by atoms with Gasteiger partial charge in [-0.3, -0.25) is 9.59 Å². The minimum absolute atomic E-state index is 0.0937. The predicted molar refractivity (Wildman–Crippen MR) is 122 cm³/mol. The highest BCUT2D eigenvalue weighted by Gasteiger charge is 2.30. The fourth-order valence-corrected chi connectivity index (χ4v) is 3.18. The Bertz CT molecular complexity index is 1420. The van der Waals surface area contributed by atoms with Gasteiger partial charge in [0.15, 0.2) is 5.65 Å². The van der Waals surface area contributed by atoms with Crippen LogP contribution in [0.4, 0.5) is 18.9 Å². The first-order valence-electron chi connectivity index (χ1n) is 10.2. The normalized spacial score (nSPS) is 11.2. The quantitative estimate of drug-likeness (QED) is 0.328. The number of amides is 2. The second kappa shape index (κ2) is 9.67. The number of ether oxygens (including phenoxy) is 1. The lowest BCUT2D eigenvalue weighted by atomic mass is 10.1. The molecule has 4 aromatic rings. The molecule has 0 aliphatic heterocycles. The number of aromatic amines is 1. The van der Waals surface area contributed by atoms with E-state index in [1.54, 1.807) is 24.3 Å². The first-order chi connectivity index (χ1) is 16.7. The van der Waals surface area contributed by atoms with Crippen LogP contribution in [-0.4, -0.2) is 26.8 Å². The molecule has 8 nitrogen and oxygen atoms in total. The van der Waals surface area contributed by atoms with Crippen LogP contribution in [0, 0.1) is 0 Å². The number of hydrogen-bond acceptors (Lipinski definition) is 5. The molecule has 2 aromatic heterocycles. The molecule has 0 spiro atoms. The van der Waals surface area contributed by atoms with Gasteiger partial charge in [-0.1, -0.05) is 24.8 Å². The van der Waals surface area contributed by atoms with Crippen LogP contribution >= 0.6 is 0 Å². The second-order valence-corrected chi connectivity index (χ2v) is 7.31. The van der Waals surface area contributed by atoms with E-state index < -0.39 is 17.6 Å². The Kier molecular flexibility index (Phi) is 6.49. The van der Waals surface area contributed by atoms with Crippen LogP contribution in [0.25, 0.3) is 11.2 Å². The summed E-state index contributed by atoms with van der Waals surface area (Å²) in [5, 5.41) is 5.20. The monoisotopic (exact) mass is 481 g/mol. The maximum absolute atomic E-state index is 12.9. The van der Waals surface area contributed by atoms with E-state index in [-0.39, 0.29) is 29.4 Å². The van der Waals surface area contributed by atoms with Gasteiger partial charge in [-0.05, 0) is 35.9 Å². The summed E-state index contributed by atoms with van der Waals surface area (Å²) in [7, 11) is 0. The van der Waals surface area contributed by atoms with E-state index in [0.717, 1.165) is 18.2 Å². The Balaban J connectivity index is 1.49. The molecule has 0 aliphatic rings. The number of carbonyl (C=O) groups excluding carboxylic acids is 2. The molecule has 2 aromatic carbocycles. The van der Waals surface area contributed by atoms with Crippen LogP contribution in [0.1, 0.15) is 21.5 Å². The standard InChI is InChI=1S/C24H18F3N5O3/c1-2-19(33)31-16-7-4-8-17(10-16)35-20-13-29-22-21(32-20)18(12-28-22)23(34)30-11-14-5-3-6-15(9-14)24(25,26)27/h2-10,12-13H,1,11H2,(H,28,29)(H,30,34)(H,31,33). The number of halogens is 3. The summed E-state index contributed by atoms with van der Waals surface area (Å²) in [5.74, 6) is -0.464. The maximum atomic E-state index is 12.9. The van der Waals surface area contributed by atoms with Crippen LogP contribution in [0.5, 0.6) is 11.6 Å². The number of H-pyrrole nitrogens is 1. The zero-order valence-electron chi connectivity index (χ0n) is 18.0. The molecule has 0 bridgehead atoms. The van der Waals surface area contributed by atoms with Gasteiger partial charge in [0, 0.05) is 24.5 Å². The number of nitrogens with zero attached hydrogens (tertiary/aromatic N) is 2. The van der Waals surface area contributed by atoms with Crippen molar-refractivity contribution in [1.82, 2.24) is 20.3 Å². The Labute approximate surface area is 196 Å². The third-order valence-corrected chi connectivity index (χ3v) is 4.82. The average molecular weight is 481 g/mol. The zero-order valence-corrected chi connectivity index (χ0v) is 18.0. The highest BCUT2D eigenvalue weighted by molar-refractivity contribution is 6.04. The van der Waals surface area contributed by atoms with Gasteiger partial charge < -0.3 is 20.4 Å². The number of rotatable bonds is 7. The average Bonchev–Trinajstić information content (AvgIpc) is 3.26. The molecule has 2 amide bonds. The lowest BCUT2D eigenvalue weighted by Gasteiger charge is -2.09. The molecule has 0 aliphatic carbocycles. The van der Waals surface area contributed by atoms with Gasteiger partial charge in [0.25, 0.3) is 5.91 Å². The molecule has 0 atom stereocenters. The van der Waals surface area contributed by atoms with Crippen molar-refractivity contribution in [3.63, 3.8) is 0 Å². The molecule has 0 fully saturated rings. The second-order valence-electron chi connectivity index (χ2n) is 7.31. The number of fused-ring (bicyclic) bond motifs is 1. The van der Waals surface area contributed by atoms with Gasteiger partial charge in [-0.15, -0.1) is 0 Å². The Hall–Kier alpha value is -4.67. The lowest BCUT2D eigenvalue weighted by molar-refractivity contribution is -0.137. The Morgan fingerprint density at radius 1 is 1.14 bits per heavy atom. The Morgan fingerprint density at radius 2 is 1.94 bits per heavy atom. The van der Waals surface area contributed by atoms with Gasteiger partial charge in [0.2, 0.25) is 11.8 Å². The van der Waals surface area contributed by atoms with Gasteiger partial charge >= 0.3 is 6.18 Å². The van der Waals surface area contributed by atoms with Gasteiger partial charge in [-0.2, -0.15) is 13.2 Å². The highest BCUT2D eigenvalue weighted by atomic mass is 19.4. The first kappa shape index (κ1) is 23.5. The van der Waals surface area contributed by atoms with Crippen molar-refractivity contribution in [3.8, 4) is 11.6 Å². The van der Waals surface area contributed by atoms with Crippen molar-refractivity contribution >= 4 is 28.7 Å². The molecule has 0 radical (unpaired) electrons. The zero-order chi connectivity index (χ0) is 25.0. The minimum atomic E-state index is -4.47. The minimum Gasteiger partial charge on any atom is -0.437 e. The molecule has 2 heterocycles. The molecule has 11 heteroatoms. The number of anilines is 1. The van der Waals surface area contributed by atoms with Gasteiger partial charge in [0.1, 0.15) is 11.3 Å². The topological polar surface area (TPSA) is 109 Å². The van der Waals surface area contributed by atoms with E-state index >= 15 is 0 Å². The fraction of sp³-hybridized carbons (Fsp3) is 0.0833. The molecule has 0 saturated heterocycles. The molecular weight excluding hydrogens is 463 g/mol. The van der Waals surface area contributed by atoms with E-state index in [2.05, 4.69) is 32.2 Å². The highest BCUT2D eigenvalue weighted by Crippen LogP contribution is 2.29. The van der Waals surface area contributed by atoms with E-state index in [1.165, 1.54) is 24.5 Å². The third kappa shape index (κ3) is 5.64. The van der Waals surface area contributed by atoms with Crippen LogP contribution < -0.4 is 15.4 Å². The van der Waals surface area contributed by atoms with E-state index in [0.29, 0.717) is 22.6 Å². The predicted octanol–water partition coefficient (Wildman–Crippen LogP) is 4.82. The van der Waals surface area contributed by atoms with Crippen molar-refractivity contribution in [2.75, 3.05) is 5.32 Å². The Morgan fingerprint density at radius 3 is 2.71 bits per heavy atom. The number of benzene rings is 2. The van der Waals surface area contributed by atoms with E-state index in [4.69, 9.17) is 4.74 Å². The number of aromatic nitrogens is 3. The molecule has 3 N–H and O–H groups in total. The third-order valence-electron chi connectivity index (χ3n) is 4.82. The lowest BCUT2D eigenvalue weighted by Crippen LogP contribution is -2.23. The number of alkyl halides is 3. The molecule has 35 heavy (non-hydrogen) atoms. The maximum Gasteiger partial charge on any atom is 0.416 e. The summed E-state index contributed by atoms with van der Waals surface area (Å²) in [6, 6.07) is 11.3. The van der Waals surface area contributed by atoms with Crippen LogP contribution in [0.3, 0.4) is 0 Å². The number of nitrogens with one attached hydrogen (secondary N) is 3. The molecule has 178 valence electrons. The molecule has 0 saturated carbocycles. The summed E-state index contributed by atoms with van der Waals surface area (Å²) in [4.78, 5) is 35.5. The molecular formula is C24H18F3N5O3. The van der Waals surface area contributed by atoms with Crippen molar-refractivity contribution in [2.45, 2.75) is 12.7 Å². The SMILES string of the molecule is C=CC(=O)Nc1cccc(Oc2cnc3[nH]cc(C(=O)NCc4cccc(C(F)(F)F)c4)c3n2)c1. The van der Waals surface area contributed by atoms with Crippen LogP contribution in [0.15, 0.2) is 73.6 Å². The summed E-state index contributed by atoms with van der Waals surface area (Å²) < 4.78 is 44.5. The van der Waals surface area contributed by atoms with Gasteiger partial charge in [-0.25, -0.2) is 9.97 Å². The van der Waals surface area contributed by atoms with E-state index in [1.807, 2.05) is 0 Å². The summed E-state index contributed by atoms with van der Waals surface area (Å²) in [6.07, 6.45) is -0.572. The molecule has 0 unspecified atom stereocenters. The van der Waals surface area contributed by atoms with Crippen LogP contribution in [-0.2, 0) is 17.5 Å². The largest absolute Gasteiger partial charge is 0.437 e. The van der Waals surface area contributed by atoms with Crippen molar-refractivity contribution in [2.24, 2.45) is 0 Å². The van der Waals surface area contributed by atoms with Crippen molar-refractivity contribution in [1.29, 1.82) is 0 Å². The summed E-state index contributed by atoms with van der Waals surface area (Å²) in [6.45, 7) is 3.29. The smallest absolute Gasteiger partial charge is 0.416 e. The fourth-order valence-electron chi connectivity index (χ4n) is 3.18. The van der Waals surface area contributed by atoms with E-state index in [9.17, 15) is 22.8 Å². The van der Waals surface area contributed by atoms with Crippen molar-refractivity contribution < 1.29 is 27.5 Å². The van der Waals surface area contributed by atoms with Crippen molar-refractivity contribution in [3.05, 3.63) is 90.3 Å². The van der Waals surface area contributed by atoms with Gasteiger partial charge in [0.05, 0.1) is 17.3 Å².